The molecule has 0 aromatic carbocycles. The van der Waals surface area contributed by atoms with Gasteiger partial charge in [-0.25, -0.2) is 0 Å². The van der Waals surface area contributed by atoms with E-state index in [4.69, 9.17) is 0 Å². The maximum Gasteiger partial charge on any atom is 0.471 e. The second-order valence-corrected chi connectivity index (χ2v) is 11.9. The Hall–Kier alpha value is -2.84. The van der Waals surface area contributed by atoms with E-state index in [1.807, 2.05) is 25.2 Å². The lowest BCUT2D eigenvalue weighted by Gasteiger charge is -2.43. The highest BCUT2D eigenvalue weighted by molar-refractivity contribution is 5.95. The third-order valence-electron chi connectivity index (χ3n) is 7.92. The standard InChI is InChI=1S/C25H36F3N5O4/c1-12(2)16-9-15-10-17(16)18(21(35)31-14(11-29)8-13-6-7-30-20(13)34)33(15)22(36)19(24(3,4)5)32-23(37)25(26,27)28/h12-19H,6-10H2,1-5H3,(H,30,34)(H,31,35)(H,32,37)/t13-,14-,15+,16?,17+,18-,19+/m0/s1. The predicted molar refractivity (Wildman–Crippen MR) is 126 cm³/mol. The van der Waals surface area contributed by atoms with Crippen LogP contribution >= 0.6 is 0 Å². The molecule has 1 aliphatic carbocycles. The number of carbonyl (C=O) groups is 4. The molecule has 4 amide bonds. The number of halogens is 3. The summed E-state index contributed by atoms with van der Waals surface area (Å²) in [6.45, 7) is 9.18. The lowest BCUT2D eigenvalue weighted by molar-refractivity contribution is -0.176. The van der Waals surface area contributed by atoms with Crippen LogP contribution in [0.2, 0.25) is 0 Å². The van der Waals surface area contributed by atoms with Crippen molar-refractivity contribution in [3.05, 3.63) is 0 Å². The zero-order chi connectivity index (χ0) is 27.9. The summed E-state index contributed by atoms with van der Waals surface area (Å²) in [7, 11) is 0. The van der Waals surface area contributed by atoms with Gasteiger partial charge in [0.05, 0.1) is 6.07 Å². The van der Waals surface area contributed by atoms with Crippen molar-refractivity contribution in [1.82, 2.24) is 20.9 Å². The molecule has 2 aliphatic heterocycles. The molecule has 3 aliphatic rings. The van der Waals surface area contributed by atoms with E-state index in [0.29, 0.717) is 25.8 Å². The zero-order valence-corrected chi connectivity index (χ0v) is 21.8. The Morgan fingerprint density at radius 1 is 1.16 bits per heavy atom. The molecule has 0 spiro atoms. The van der Waals surface area contributed by atoms with Crippen LogP contribution in [-0.4, -0.2) is 65.4 Å². The van der Waals surface area contributed by atoms with Crippen molar-refractivity contribution < 1.29 is 32.3 Å². The molecule has 3 N–H and O–H groups in total. The van der Waals surface area contributed by atoms with Crippen molar-refractivity contribution in [2.45, 2.75) is 90.6 Å². The van der Waals surface area contributed by atoms with Crippen molar-refractivity contribution in [3.63, 3.8) is 0 Å². The highest BCUT2D eigenvalue weighted by atomic mass is 19.4. The summed E-state index contributed by atoms with van der Waals surface area (Å²) in [6, 6.07) is -1.81. The molecule has 0 aromatic rings. The van der Waals surface area contributed by atoms with Gasteiger partial charge in [0.2, 0.25) is 17.7 Å². The number of fused-ring (bicyclic) bond motifs is 2. The maximum absolute atomic E-state index is 13.8. The summed E-state index contributed by atoms with van der Waals surface area (Å²) in [6.07, 6.45) is -3.37. The second-order valence-electron chi connectivity index (χ2n) is 11.9. The zero-order valence-electron chi connectivity index (χ0n) is 21.8. The van der Waals surface area contributed by atoms with Gasteiger partial charge in [-0.05, 0) is 48.9 Å². The van der Waals surface area contributed by atoms with Crippen LogP contribution in [0.15, 0.2) is 0 Å². The fourth-order valence-corrected chi connectivity index (χ4v) is 6.07. The quantitative estimate of drug-likeness (QED) is 0.465. The molecular weight excluding hydrogens is 491 g/mol. The second kappa shape index (κ2) is 10.5. The number of nitriles is 1. The molecule has 2 saturated heterocycles. The van der Waals surface area contributed by atoms with Gasteiger partial charge in [0.1, 0.15) is 18.1 Å². The fraction of sp³-hybridized carbons (Fsp3) is 0.800. The first-order valence-electron chi connectivity index (χ1n) is 12.7. The number of alkyl halides is 3. The fourth-order valence-electron chi connectivity index (χ4n) is 6.07. The van der Waals surface area contributed by atoms with E-state index in [1.165, 1.54) is 4.90 Å². The average molecular weight is 528 g/mol. The number of carbonyl (C=O) groups excluding carboxylic acids is 4. The number of nitrogens with zero attached hydrogens (tertiary/aromatic N) is 2. The Balaban J connectivity index is 1.87. The molecule has 1 unspecified atom stereocenters. The van der Waals surface area contributed by atoms with Crippen LogP contribution in [0.25, 0.3) is 0 Å². The number of hydrogen-bond acceptors (Lipinski definition) is 5. The number of piperidine rings is 1. The minimum absolute atomic E-state index is 0.115. The van der Waals surface area contributed by atoms with Gasteiger partial charge in [-0.3, -0.25) is 19.2 Å². The van der Waals surface area contributed by atoms with Crippen LogP contribution in [0.5, 0.6) is 0 Å². The van der Waals surface area contributed by atoms with E-state index in [2.05, 4.69) is 10.6 Å². The summed E-state index contributed by atoms with van der Waals surface area (Å²) in [5.41, 5.74) is -1.07. The van der Waals surface area contributed by atoms with Gasteiger partial charge in [0.15, 0.2) is 0 Å². The van der Waals surface area contributed by atoms with Crippen LogP contribution < -0.4 is 16.0 Å². The van der Waals surface area contributed by atoms with Crippen molar-refractivity contribution in [2.24, 2.45) is 29.1 Å². The number of nitrogens with one attached hydrogen (secondary N) is 3. The molecule has 9 nitrogen and oxygen atoms in total. The molecule has 2 heterocycles. The summed E-state index contributed by atoms with van der Waals surface area (Å²) < 4.78 is 39.2. The Morgan fingerprint density at radius 3 is 2.30 bits per heavy atom. The molecule has 2 bridgehead atoms. The lowest BCUT2D eigenvalue weighted by Crippen LogP contribution is -2.63. The van der Waals surface area contributed by atoms with Gasteiger partial charge in [-0.15, -0.1) is 0 Å². The monoisotopic (exact) mass is 527 g/mol. The Bertz CT molecular complexity index is 971. The minimum Gasteiger partial charge on any atom is -0.356 e. The molecule has 37 heavy (non-hydrogen) atoms. The molecule has 7 atom stereocenters. The van der Waals surface area contributed by atoms with Gasteiger partial charge in [-0.2, -0.15) is 18.4 Å². The van der Waals surface area contributed by atoms with E-state index in [-0.39, 0.29) is 36.1 Å². The first-order valence-corrected chi connectivity index (χ1v) is 12.7. The van der Waals surface area contributed by atoms with Crippen LogP contribution in [0.3, 0.4) is 0 Å². The van der Waals surface area contributed by atoms with Gasteiger partial charge in [0, 0.05) is 18.5 Å². The molecule has 0 radical (unpaired) electrons. The highest BCUT2D eigenvalue weighted by Gasteiger charge is 2.58. The van der Waals surface area contributed by atoms with E-state index in [9.17, 15) is 37.6 Å². The maximum atomic E-state index is 13.8. The minimum atomic E-state index is -5.17. The molecule has 12 heteroatoms. The van der Waals surface area contributed by atoms with E-state index >= 15 is 0 Å². The van der Waals surface area contributed by atoms with Gasteiger partial charge in [-0.1, -0.05) is 34.6 Å². The first-order chi connectivity index (χ1) is 17.1. The SMILES string of the molecule is CC(C)C1C[C@@H]2C[C@H]1[C@@H](C(=O)N[C@H](C#N)C[C@@H]1CCNC1=O)N2C(=O)[C@@H](NC(=O)C(F)(F)F)C(C)(C)C. The highest BCUT2D eigenvalue weighted by Crippen LogP contribution is 2.50. The molecule has 1 saturated carbocycles. The predicted octanol–water partition coefficient (Wildman–Crippen LogP) is 1.88. The van der Waals surface area contributed by atoms with E-state index in [1.54, 1.807) is 20.8 Å². The van der Waals surface area contributed by atoms with Crippen molar-refractivity contribution >= 4 is 23.6 Å². The van der Waals surface area contributed by atoms with Crippen LogP contribution in [0, 0.1) is 40.4 Å². The van der Waals surface area contributed by atoms with E-state index in [0.717, 1.165) is 0 Å². The van der Waals surface area contributed by atoms with Gasteiger partial charge < -0.3 is 20.9 Å². The summed E-state index contributed by atoms with van der Waals surface area (Å²) >= 11 is 0. The Morgan fingerprint density at radius 2 is 1.81 bits per heavy atom. The number of amides is 4. The smallest absolute Gasteiger partial charge is 0.356 e. The third kappa shape index (κ3) is 6.02. The van der Waals surface area contributed by atoms with E-state index < -0.39 is 53.4 Å². The molecule has 206 valence electrons. The largest absolute Gasteiger partial charge is 0.471 e. The van der Waals surface area contributed by atoms with Crippen LogP contribution in [0.4, 0.5) is 13.2 Å². The third-order valence-corrected chi connectivity index (χ3v) is 7.92. The van der Waals surface area contributed by atoms with Crippen molar-refractivity contribution in [2.75, 3.05) is 6.54 Å². The summed E-state index contributed by atoms with van der Waals surface area (Å²) in [5, 5.41) is 16.9. The molecule has 3 rings (SSSR count). The summed E-state index contributed by atoms with van der Waals surface area (Å²) in [4.78, 5) is 52.4. The average Bonchev–Trinajstić information content (AvgIpc) is 3.49. The molecule has 3 fully saturated rings. The van der Waals surface area contributed by atoms with Crippen molar-refractivity contribution in [3.8, 4) is 6.07 Å². The number of likely N-dealkylation sites (tertiary alicyclic amines) is 1. The normalized spacial score (nSPS) is 29.0. The number of rotatable bonds is 7. The summed E-state index contributed by atoms with van der Waals surface area (Å²) in [5.74, 6) is -4.03. The topological polar surface area (TPSA) is 131 Å². The molecule has 0 aromatic heterocycles. The van der Waals surface area contributed by atoms with Gasteiger partial charge >= 0.3 is 12.1 Å². The van der Waals surface area contributed by atoms with Crippen molar-refractivity contribution in [1.29, 1.82) is 5.26 Å². The van der Waals surface area contributed by atoms with Crippen LogP contribution in [-0.2, 0) is 19.2 Å². The first kappa shape index (κ1) is 28.7. The molecular formula is C25H36F3N5O4. The van der Waals surface area contributed by atoms with Gasteiger partial charge in [0.25, 0.3) is 0 Å². The van der Waals surface area contributed by atoms with Crippen LogP contribution in [0.1, 0.15) is 60.3 Å². The Labute approximate surface area is 214 Å². The Kier molecular flexibility index (Phi) is 8.15. The number of hydrogen-bond donors (Lipinski definition) is 3. The lowest BCUT2D eigenvalue weighted by atomic mass is 9.79.